The van der Waals surface area contributed by atoms with E-state index in [2.05, 4.69) is 29.5 Å². The van der Waals surface area contributed by atoms with Crippen LogP contribution < -0.4 is 5.32 Å². The molecule has 0 aliphatic carbocycles. The first-order chi connectivity index (χ1) is 8.17. The van der Waals surface area contributed by atoms with Crippen LogP contribution in [-0.2, 0) is 13.1 Å². The fourth-order valence-corrected chi connectivity index (χ4v) is 1.51. The van der Waals surface area contributed by atoms with E-state index in [1.54, 1.807) is 4.68 Å². The van der Waals surface area contributed by atoms with Crippen molar-refractivity contribution in [3.63, 3.8) is 0 Å². The van der Waals surface area contributed by atoms with Crippen LogP contribution in [0.3, 0.4) is 0 Å². The Balaban J connectivity index is 2.38. The lowest BCUT2D eigenvalue weighted by atomic mass is 10.1. The Morgan fingerprint density at radius 3 is 2.76 bits per heavy atom. The van der Waals surface area contributed by atoms with E-state index in [9.17, 15) is 0 Å². The predicted molar refractivity (Wildman–Crippen MR) is 64.3 cm³/mol. The summed E-state index contributed by atoms with van der Waals surface area (Å²) in [6.45, 7) is 5.68. The van der Waals surface area contributed by atoms with Crippen LogP contribution in [-0.4, -0.2) is 44.5 Å². The van der Waals surface area contributed by atoms with E-state index in [0.29, 0.717) is 25.4 Å². The number of nitrogens with one attached hydrogen (secondary N) is 1. The van der Waals surface area contributed by atoms with Gasteiger partial charge in [0.05, 0.1) is 12.3 Å². The van der Waals surface area contributed by atoms with Crippen molar-refractivity contribution in [1.29, 1.82) is 0 Å². The van der Waals surface area contributed by atoms with Gasteiger partial charge in [0.25, 0.3) is 0 Å². The van der Waals surface area contributed by atoms with Crippen molar-refractivity contribution in [1.82, 2.24) is 20.3 Å². The molecule has 17 heavy (non-hydrogen) atoms. The molecular formula is C11H22N4O2. The fourth-order valence-electron chi connectivity index (χ4n) is 1.51. The number of aryl methyl sites for hydroxylation is 1. The second kappa shape index (κ2) is 7.37. The zero-order chi connectivity index (χ0) is 12.7. The van der Waals surface area contributed by atoms with E-state index in [1.165, 1.54) is 0 Å². The lowest BCUT2D eigenvalue weighted by molar-refractivity contribution is 0.209. The molecule has 0 aliphatic rings. The predicted octanol–water partition coefficient (Wildman–Crippen LogP) is -0.233. The van der Waals surface area contributed by atoms with Gasteiger partial charge in [-0.3, -0.25) is 4.68 Å². The summed E-state index contributed by atoms with van der Waals surface area (Å²) in [6, 6.07) is 0.0811. The highest BCUT2D eigenvalue weighted by Gasteiger charge is 2.11. The molecule has 3 N–H and O–H groups in total. The van der Waals surface area contributed by atoms with Gasteiger partial charge in [0.1, 0.15) is 0 Å². The molecule has 0 saturated carbocycles. The molecule has 0 aliphatic heterocycles. The molecule has 1 atom stereocenters. The van der Waals surface area contributed by atoms with Crippen molar-refractivity contribution in [3.8, 4) is 0 Å². The van der Waals surface area contributed by atoms with Crippen molar-refractivity contribution in [2.75, 3.05) is 13.2 Å². The molecule has 0 aromatic carbocycles. The van der Waals surface area contributed by atoms with Crippen molar-refractivity contribution in [2.24, 2.45) is 5.92 Å². The minimum Gasteiger partial charge on any atom is -0.396 e. The fraction of sp³-hybridized carbons (Fsp3) is 0.818. The average Bonchev–Trinajstić information content (AvgIpc) is 2.75. The van der Waals surface area contributed by atoms with Gasteiger partial charge < -0.3 is 15.5 Å². The number of aliphatic hydroxyl groups excluding tert-OH is 2. The summed E-state index contributed by atoms with van der Waals surface area (Å²) in [4.78, 5) is 0. The van der Waals surface area contributed by atoms with Gasteiger partial charge in [0, 0.05) is 31.9 Å². The van der Waals surface area contributed by atoms with Gasteiger partial charge in [-0.2, -0.15) is 0 Å². The van der Waals surface area contributed by atoms with Crippen LogP contribution in [0.4, 0.5) is 0 Å². The van der Waals surface area contributed by atoms with Gasteiger partial charge in [0.15, 0.2) is 0 Å². The summed E-state index contributed by atoms with van der Waals surface area (Å²) in [5.41, 5.74) is 0.849. The molecule has 0 radical (unpaired) electrons. The molecule has 98 valence electrons. The van der Waals surface area contributed by atoms with Crippen molar-refractivity contribution in [2.45, 2.75) is 39.4 Å². The number of nitrogens with zero attached hydrogens (tertiary/aromatic N) is 3. The van der Waals surface area contributed by atoms with Crippen LogP contribution >= 0.6 is 0 Å². The maximum Gasteiger partial charge on any atom is 0.0964 e. The van der Waals surface area contributed by atoms with Crippen LogP contribution in [0, 0.1) is 5.92 Å². The highest BCUT2D eigenvalue weighted by Crippen LogP contribution is 2.02. The van der Waals surface area contributed by atoms with Gasteiger partial charge in [0.2, 0.25) is 0 Å². The summed E-state index contributed by atoms with van der Waals surface area (Å²) in [7, 11) is 0. The summed E-state index contributed by atoms with van der Waals surface area (Å²) < 4.78 is 1.72. The minimum absolute atomic E-state index is 0.0811. The second-order valence-electron chi connectivity index (χ2n) is 4.46. The number of hydrogen-bond acceptors (Lipinski definition) is 5. The number of aliphatic hydroxyl groups is 2. The molecule has 1 aromatic rings. The summed E-state index contributed by atoms with van der Waals surface area (Å²) in [5, 5.41) is 29.1. The van der Waals surface area contributed by atoms with Gasteiger partial charge in [-0.15, -0.1) is 5.10 Å². The van der Waals surface area contributed by atoms with E-state index < -0.39 is 0 Å². The zero-order valence-corrected chi connectivity index (χ0v) is 10.5. The molecule has 0 spiro atoms. The van der Waals surface area contributed by atoms with Gasteiger partial charge in [-0.1, -0.05) is 19.1 Å². The highest BCUT2D eigenvalue weighted by atomic mass is 16.3. The normalized spacial score (nSPS) is 13.2. The maximum atomic E-state index is 9.16. The Kier molecular flexibility index (Phi) is 6.10. The lowest BCUT2D eigenvalue weighted by Crippen LogP contribution is -2.36. The first-order valence-corrected chi connectivity index (χ1v) is 6.01. The standard InChI is InChI=1S/C11H22N4O2/c1-9(2)11(8-17)12-6-10-7-15(14-13-10)4-3-5-16/h7,9,11-12,16-17H,3-6,8H2,1-2H3. The molecule has 0 fully saturated rings. The number of aromatic nitrogens is 3. The Bertz CT molecular complexity index is 314. The topological polar surface area (TPSA) is 83.2 Å². The monoisotopic (exact) mass is 242 g/mol. The molecular weight excluding hydrogens is 220 g/mol. The number of rotatable bonds is 8. The van der Waals surface area contributed by atoms with Crippen LogP contribution in [0.1, 0.15) is 26.0 Å². The van der Waals surface area contributed by atoms with E-state index >= 15 is 0 Å². The molecule has 1 rings (SSSR count). The summed E-state index contributed by atoms with van der Waals surface area (Å²) in [5.74, 6) is 0.379. The minimum atomic E-state index is 0.0811. The Morgan fingerprint density at radius 1 is 1.41 bits per heavy atom. The average molecular weight is 242 g/mol. The van der Waals surface area contributed by atoms with Gasteiger partial charge >= 0.3 is 0 Å². The third kappa shape index (κ3) is 4.80. The highest BCUT2D eigenvalue weighted by molar-refractivity contribution is 4.92. The van der Waals surface area contributed by atoms with Gasteiger partial charge in [-0.25, -0.2) is 0 Å². The van der Waals surface area contributed by atoms with Crippen LogP contribution in [0.2, 0.25) is 0 Å². The Labute approximate surface area is 102 Å². The summed E-state index contributed by atoms with van der Waals surface area (Å²) >= 11 is 0. The first kappa shape index (κ1) is 14.1. The van der Waals surface area contributed by atoms with Gasteiger partial charge in [-0.05, 0) is 12.3 Å². The molecule has 0 saturated heterocycles. The molecule has 1 unspecified atom stereocenters. The van der Waals surface area contributed by atoms with Crippen LogP contribution in [0.15, 0.2) is 6.20 Å². The molecule has 1 aromatic heterocycles. The smallest absolute Gasteiger partial charge is 0.0964 e. The molecule has 0 bridgehead atoms. The van der Waals surface area contributed by atoms with E-state index in [0.717, 1.165) is 5.69 Å². The van der Waals surface area contributed by atoms with E-state index in [1.807, 2.05) is 6.20 Å². The largest absolute Gasteiger partial charge is 0.396 e. The molecule has 1 heterocycles. The molecule has 0 amide bonds. The van der Waals surface area contributed by atoms with Crippen molar-refractivity contribution >= 4 is 0 Å². The van der Waals surface area contributed by atoms with E-state index in [4.69, 9.17) is 10.2 Å². The molecule has 6 heteroatoms. The Morgan fingerprint density at radius 2 is 2.18 bits per heavy atom. The lowest BCUT2D eigenvalue weighted by Gasteiger charge is -2.18. The van der Waals surface area contributed by atoms with Crippen LogP contribution in [0.25, 0.3) is 0 Å². The quantitative estimate of drug-likeness (QED) is 0.586. The third-order valence-electron chi connectivity index (χ3n) is 2.68. The Hall–Kier alpha value is -0.980. The SMILES string of the molecule is CC(C)C(CO)NCc1cn(CCCO)nn1. The third-order valence-corrected chi connectivity index (χ3v) is 2.68. The first-order valence-electron chi connectivity index (χ1n) is 6.01. The second-order valence-corrected chi connectivity index (χ2v) is 4.46. The molecule has 6 nitrogen and oxygen atoms in total. The van der Waals surface area contributed by atoms with Crippen molar-refractivity contribution in [3.05, 3.63) is 11.9 Å². The van der Waals surface area contributed by atoms with Crippen molar-refractivity contribution < 1.29 is 10.2 Å². The van der Waals surface area contributed by atoms with Crippen LogP contribution in [0.5, 0.6) is 0 Å². The van der Waals surface area contributed by atoms with E-state index in [-0.39, 0.29) is 19.3 Å². The number of hydrogen-bond donors (Lipinski definition) is 3. The zero-order valence-electron chi connectivity index (χ0n) is 10.5. The summed E-state index contributed by atoms with van der Waals surface area (Å²) in [6.07, 6.45) is 2.54. The maximum absolute atomic E-state index is 9.16.